The SMILES string of the molecule is CC(C)(C)C1CC1(Cc1cc(Br)ccc1Cl)NC(=O)O. The van der Waals surface area contributed by atoms with E-state index in [1.165, 1.54) is 0 Å². The highest BCUT2D eigenvalue weighted by molar-refractivity contribution is 9.10. The van der Waals surface area contributed by atoms with Gasteiger partial charge in [-0.1, -0.05) is 48.3 Å². The first-order chi connectivity index (χ1) is 9.14. The average molecular weight is 361 g/mol. The molecule has 0 spiro atoms. The van der Waals surface area contributed by atoms with Crippen molar-refractivity contribution in [2.24, 2.45) is 11.3 Å². The summed E-state index contributed by atoms with van der Waals surface area (Å²) in [4.78, 5) is 11.1. The van der Waals surface area contributed by atoms with Crippen molar-refractivity contribution in [2.75, 3.05) is 0 Å². The minimum atomic E-state index is -0.970. The molecule has 0 aliphatic heterocycles. The van der Waals surface area contributed by atoms with Crippen LogP contribution in [0.3, 0.4) is 0 Å². The number of benzene rings is 1. The van der Waals surface area contributed by atoms with Crippen molar-refractivity contribution >= 4 is 33.6 Å². The van der Waals surface area contributed by atoms with Gasteiger partial charge in [0.15, 0.2) is 0 Å². The highest BCUT2D eigenvalue weighted by atomic mass is 79.9. The van der Waals surface area contributed by atoms with Crippen molar-refractivity contribution in [3.8, 4) is 0 Å². The molecule has 5 heteroatoms. The van der Waals surface area contributed by atoms with Gasteiger partial charge >= 0.3 is 6.09 Å². The zero-order valence-corrected chi connectivity index (χ0v) is 14.2. The van der Waals surface area contributed by atoms with E-state index in [9.17, 15) is 4.79 Å². The van der Waals surface area contributed by atoms with Crippen LogP contribution in [0.15, 0.2) is 22.7 Å². The Morgan fingerprint density at radius 2 is 2.20 bits per heavy atom. The molecule has 1 aromatic rings. The monoisotopic (exact) mass is 359 g/mol. The Morgan fingerprint density at radius 3 is 2.70 bits per heavy atom. The summed E-state index contributed by atoms with van der Waals surface area (Å²) in [5.74, 6) is 0.321. The van der Waals surface area contributed by atoms with Gasteiger partial charge < -0.3 is 10.4 Å². The molecule has 0 aromatic heterocycles. The molecule has 2 rings (SSSR count). The van der Waals surface area contributed by atoms with Crippen LogP contribution < -0.4 is 5.32 Å². The molecule has 0 saturated heterocycles. The number of amides is 1. The lowest BCUT2D eigenvalue weighted by molar-refractivity contribution is 0.182. The summed E-state index contributed by atoms with van der Waals surface area (Å²) in [5, 5.41) is 12.5. The van der Waals surface area contributed by atoms with Crippen LogP contribution >= 0.6 is 27.5 Å². The maximum Gasteiger partial charge on any atom is 0.405 e. The van der Waals surface area contributed by atoms with Crippen LogP contribution in [0.25, 0.3) is 0 Å². The first kappa shape index (κ1) is 15.6. The van der Waals surface area contributed by atoms with Gasteiger partial charge in [0, 0.05) is 9.50 Å². The van der Waals surface area contributed by atoms with Crippen LogP contribution in [0.2, 0.25) is 5.02 Å². The molecule has 1 saturated carbocycles. The Balaban J connectivity index is 2.27. The van der Waals surface area contributed by atoms with Crippen molar-refractivity contribution in [3.05, 3.63) is 33.3 Å². The first-order valence-corrected chi connectivity index (χ1v) is 7.76. The van der Waals surface area contributed by atoms with Crippen LogP contribution in [0.5, 0.6) is 0 Å². The molecule has 2 N–H and O–H groups in total. The van der Waals surface area contributed by atoms with Gasteiger partial charge in [0.2, 0.25) is 0 Å². The summed E-state index contributed by atoms with van der Waals surface area (Å²) < 4.78 is 0.954. The van der Waals surface area contributed by atoms with Crippen molar-refractivity contribution < 1.29 is 9.90 Å². The predicted molar refractivity (Wildman–Crippen MR) is 84.3 cm³/mol. The molecule has 0 radical (unpaired) electrons. The molecule has 0 bridgehead atoms. The molecule has 2 unspecified atom stereocenters. The summed E-state index contributed by atoms with van der Waals surface area (Å²) >= 11 is 9.67. The van der Waals surface area contributed by atoms with E-state index in [1.807, 2.05) is 18.2 Å². The van der Waals surface area contributed by atoms with Crippen LogP contribution in [0.4, 0.5) is 4.79 Å². The predicted octanol–water partition coefficient (Wildman–Crippen LogP) is 4.72. The fraction of sp³-hybridized carbons (Fsp3) is 0.533. The molecule has 1 aliphatic carbocycles. The van der Waals surface area contributed by atoms with Crippen molar-refractivity contribution in [1.82, 2.24) is 5.32 Å². The van der Waals surface area contributed by atoms with E-state index >= 15 is 0 Å². The lowest BCUT2D eigenvalue weighted by Gasteiger charge is -2.25. The normalized spacial score (nSPS) is 25.4. The molecule has 20 heavy (non-hydrogen) atoms. The molecule has 2 atom stereocenters. The van der Waals surface area contributed by atoms with E-state index in [-0.39, 0.29) is 5.41 Å². The number of carboxylic acid groups (broad SMARTS) is 1. The van der Waals surface area contributed by atoms with E-state index in [4.69, 9.17) is 16.7 Å². The van der Waals surface area contributed by atoms with Crippen molar-refractivity contribution in [2.45, 2.75) is 39.2 Å². The second-order valence-corrected chi connectivity index (χ2v) is 7.94. The van der Waals surface area contributed by atoms with Gasteiger partial charge in [-0.15, -0.1) is 0 Å². The molecule has 1 aromatic carbocycles. The zero-order valence-electron chi connectivity index (χ0n) is 11.8. The molecule has 3 nitrogen and oxygen atoms in total. The van der Waals surface area contributed by atoms with Gasteiger partial charge in [-0.3, -0.25) is 0 Å². The third kappa shape index (κ3) is 3.29. The molecule has 110 valence electrons. The Bertz CT molecular complexity index is 541. The summed E-state index contributed by atoms with van der Waals surface area (Å²) in [6.45, 7) is 6.43. The second kappa shape index (κ2) is 5.23. The number of hydrogen-bond acceptors (Lipinski definition) is 1. The average Bonchev–Trinajstić information content (AvgIpc) is 2.97. The Labute approximate surface area is 132 Å². The standard InChI is InChI=1S/C15H19BrClNO2/c1-14(2,3)12-8-15(12,18-13(19)20)7-9-6-10(16)4-5-11(9)17/h4-6,12,18H,7-8H2,1-3H3,(H,19,20). The largest absolute Gasteiger partial charge is 0.465 e. The van der Waals surface area contributed by atoms with Crippen LogP contribution in [-0.2, 0) is 6.42 Å². The highest BCUT2D eigenvalue weighted by Crippen LogP contribution is 2.56. The van der Waals surface area contributed by atoms with Crippen LogP contribution in [0, 0.1) is 11.3 Å². The van der Waals surface area contributed by atoms with E-state index in [2.05, 4.69) is 42.0 Å². The Hall–Kier alpha value is -0.740. The number of halogens is 2. The van der Waals surface area contributed by atoms with Gasteiger partial charge in [0.1, 0.15) is 0 Å². The first-order valence-electron chi connectivity index (χ1n) is 6.59. The fourth-order valence-electron chi connectivity index (χ4n) is 3.05. The summed E-state index contributed by atoms with van der Waals surface area (Å²) in [6, 6.07) is 5.69. The van der Waals surface area contributed by atoms with Crippen LogP contribution in [-0.4, -0.2) is 16.7 Å². The summed E-state index contributed by atoms with van der Waals surface area (Å²) in [6.07, 6.45) is 0.508. The quantitative estimate of drug-likeness (QED) is 0.819. The van der Waals surface area contributed by atoms with Gasteiger partial charge in [-0.25, -0.2) is 4.79 Å². The van der Waals surface area contributed by atoms with E-state index in [0.29, 0.717) is 17.4 Å². The van der Waals surface area contributed by atoms with E-state index in [1.54, 1.807) is 0 Å². The molecule has 0 heterocycles. The van der Waals surface area contributed by atoms with E-state index < -0.39 is 11.6 Å². The minimum absolute atomic E-state index is 0.0704. The fourth-order valence-corrected chi connectivity index (χ4v) is 3.64. The number of hydrogen-bond donors (Lipinski definition) is 2. The highest BCUT2D eigenvalue weighted by Gasteiger charge is 2.59. The molecule has 1 amide bonds. The number of carbonyl (C=O) groups is 1. The van der Waals surface area contributed by atoms with Gasteiger partial charge in [0.25, 0.3) is 0 Å². The third-order valence-electron chi connectivity index (χ3n) is 3.99. The summed E-state index contributed by atoms with van der Waals surface area (Å²) in [7, 11) is 0. The topological polar surface area (TPSA) is 49.3 Å². The molecule has 1 aliphatic rings. The van der Waals surface area contributed by atoms with Crippen molar-refractivity contribution in [1.29, 1.82) is 0 Å². The van der Waals surface area contributed by atoms with Gasteiger partial charge in [0.05, 0.1) is 5.54 Å². The molecular weight excluding hydrogens is 342 g/mol. The van der Waals surface area contributed by atoms with Crippen LogP contribution in [0.1, 0.15) is 32.8 Å². The van der Waals surface area contributed by atoms with Crippen molar-refractivity contribution in [3.63, 3.8) is 0 Å². The second-order valence-electron chi connectivity index (χ2n) is 6.62. The lowest BCUT2D eigenvalue weighted by atomic mass is 9.85. The maximum atomic E-state index is 11.1. The molecule has 1 fully saturated rings. The van der Waals surface area contributed by atoms with Gasteiger partial charge in [-0.2, -0.15) is 0 Å². The lowest BCUT2D eigenvalue weighted by Crippen LogP contribution is -2.41. The summed E-state index contributed by atoms with van der Waals surface area (Å²) in [5.41, 5.74) is 0.650. The third-order valence-corrected chi connectivity index (χ3v) is 4.85. The zero-order chi connectivity index (χ0) is 15.1. The minimum Gasteiger partial charge on any atom is -0.465 e. The van der Waals surface area contributed by atoms with E-state index in [0.717, 1.165) is 16.5 Å². The number of rotatable bonds is 3. The Morgan fingerprint density at radius 1 is 1.55 bits per heavy atom. The number of nitrogens with one attached hydrogen (secondary N) is 1. The van der Waals surface area contributed by atoms with Gasteiger partial charge in [-0.05, 0) is 47.9 Å². The maximum absolute atomic E-state index is 11.1. The molecular formula is C15H19BrClNO2. The Kier molecular flexibility index (Phi) is 4.09. The smallest absolute Gasteiger partial charge is 0.405 e.